The number of nitrogens with one attached hydrogen (secondary N) is 1. The van der Waals surface area contributed by atoms with E-state index in [9.17, 15) is 0 Å². The molecule has 1 saturated carbocycles. The van der Waals surface area contributed by atoms with E-state index in [4.69, 9.17) is 4.52 Å². The van der Waals surface area contributed by atoms with E-state index in [1.54, 1.807) is 6.20 Å². The lowest BCUT2D eigenvalue weighted by Gasteiger charge is -2.28. The number of nitrogens with zero attached hydrogens (tertiary/aromatic N) is 1. The predicted molar refractivity (Wildman–Crippen MR) is 59.4 cm³/mol. The second kappa shape index (κ2) is 5.31. The predicted octanol–water partition coefficient (Wildman–Crippen LogP) is 2.73. The highest BCUT2D eigenvalue weighted by Crippen LogP contribution is 2.26. The SMILES string of the molecule is CCC1CCC(NCc2ccno2)CC1. The molecule has 1 aliphatic carbocycles. The van der Waals surface area contributed by atoms with E-state index in [0.29, 0.717) is 6.04 Å². The van der Waals surface area contributed by atoms with Crippen LogP contribution in [-0.4, -0.2) is 11.2 Å². The first-order chi connectivity index (χ1) is 7.38. The summed E-state index contributed by atoms with van der Waals surface area (Å²) >= 11 is 0. The molecule has 0 amide bonds. The summed E-state index contributed by atoms with van der Waals surface area (Å²) in [6, 6.07) is 2.60. The lowest BCUT2D eigenvalue weighted by molar-refractivity contribution is 0.275. The maximum atomic E-state index is 5.05. The summed E-state index contributed by atoms with van der Waals surface area (Å²) < 4.78 is 5.05. The Labute approximate surface area is 91.2 Å². The molecule has 2 rings (SSSR count). The van der Waals surface area contributed by atoms with Crippen LogP contribution in [0.1, 0.15) is 44.8 Å². The van der Waals surface area contributed by atoms with E-state index in [1.807, 2.05) is 6.07 Å². The molecule has 15 heavy (non-hydrogen) atoms. The third kappa shape index (κ3) is 3.06. The Balaban J connectivity index is 1.69. The van der Waals surface area contributed by atoms with Crippen LogP contribution in [0.25, 0.3) is 0 Å². The van der Waals surface area contributed by atoms with E-state index in [0.717, 1.165) is 18.2 Å². The fourth-order valence-electron chi connectivity index (χ4n) is 2.35. The van der Waals surface area contributed by atoms with Gasteiger partial charge in [0.25, 0.3) is 0 Å². The van der Waals surface area contributed by atoms with Crippen LogP contribution in [0.4, 0.5) is 0 Å². The Kier molecular flexibility index (Phi) is 3.78. The van der Waals surface area contributed by atoms with Crippen molar-refractivity contribution in [3.63, 3.8) is 0 Å². The maximum Gasteiger partial charge on any atom is 0.150 e. The van der Waals surface area contributed by atoms with Crippen LogP contribution in [0.5, 0.6) is 0 Å². The van der Waals surface area contributed by atoms with Gasteiger partial charge in [0.15, 0.2) is 0 Å². The van der Waals surface area contributed by atoms with Gasteiger partial charge in [0.2, 0.25) is 0 Å². The normalized spacial score (nSPS) is 26.7. The Morgan fingerprint density at radius 2 is 2.20 bits per heavy atom. The molecular formula is C12H20N2O. The lowest BCUT2D eigenvalue weighted by atomic mass is 9.84. The molecule has 0 aliphatic heterocycles. The second-order valence-corrected chi connectivity index (χ2v) is 4.49. The molecular weight excluding hydrogens is 188 g/mol. The van der Waals surface area contributed by atoms with Gasteiger partial charge in [-0.25, -0.2) is 0 Å². The van der Waals surface area contributed by atoms with E-state index in [1.165, 1.54) is 32.1 Å². The van der Waals surface area contributed by atoms with E-state index in [-0.39, 0.29) is 0 Å². The van der Waals surface area contributed by atoms with E-state index < -0.39 is 0 Å². The van der Waals surface area contributed by atoms with Crippen LogP contribution in [0.15, 0.2) is 16.8 Å². The van der Waals surface area contributed by atoms with Gasteiger partial charge < -0.3 is 9.84 Å². The van der Waals surface area contributed by atoms with Crippen molar-refractivity contribution < 1.29 is 4.52 Å². The quantitative estimate of drug-likeness (QED) is 0.826. The number of hydrogen-bond acceptors (Lipinski definition) is 3. The molecule has 3 nitrogen and oxygen atoms in total. The molecule has 0 atom stereocenters. The largest absolute Gasteiger partial charge is 0.360 e. The van der Waals surface area contributed by atoms with Gasteiger partial charge in [-0.1, -0.05) is 18.5 Å². The monoisotopic (exact) mass is 208 g/mol. The first-order valence-electron chi connectivity index (χ1n) is 6.01. The Hall–Kier alpha value is -0.830. The lowest BCUT2D eigenvalue weighted by Crippen LogP contribution is -2.32. The summed E-state index contributed by atoms with van der Waals surface area (Å²) in [4.78, 5) is 0. The molecule has 1 aromatic heterocycles. The molecule has 1 fully saturated rings. The summed E-state index contributed by atoms with van der Waals surface area (Å²) in [7, 11) is 0. The van der Waals surface area contributed by atoms with Crippen LogP contribution in [-0.2, 0) is 6.54 Å². The standard InChI is InChI=1S/C12H20N2O/c1-2-10-3-5-11(6-4-10)13-9-12-7-8-14-15-12/h7-8,10-11,13H,2-6,9H2,1H3. The van der Waals surface area contributed by atoms with Crippen molar-refractivity contribution in [2.24, 2.45) is 5.92 Å². The highest BCUT2D eigenvalue weighted by atomic mass is 16.5. The van der Waals surface area contributed by atoms with Crippen molar-refractivity contribution in [3.05, 3.63) is 18.0 Å². The minimum Gasteiger partial charge on any atom is -0.360 e. The van der Waals surface area contributed by atoms with Crippen LogP contribution >= 0.6 is 0 Å². The zero-order chi connectivity index (χ0) is 10.5. The summed E-state index contributed by atoms with van der Waals surface area (Å²) in [5.41, 5.74) is 0. The van der Waals surface area contributed by atoms with Crippen molar-refractivity contribution in [3.8, 4) is 0 Å². The maximum absolute atomic E-state index is 5.05. The molecule has 0 bridgehead atoms. The molecule has 0 radical (unpaired) electrons. The van der Waals surface area contributed by atoms with E-state index in [2.05, 4.69) is 17.4 Å². The molecule has 1 heterocycles. The fraction of sp³-hybridized carbons (Fsp3) is 0.750. The van der Waals surface area contributed by atoms with Crippen LogP contribution in [0.2, 0.25) is 0 Å². The molecule has 1 aromatic rings. The van der Waals surface area contributed by atoms with Crippen molar-refractivity contribution in [2.75, 3.05) is 0 Å². The van der Waals surface area contributed by atoms with Gasteiger partial charge in [0, 0.05) is 12.1 Å². The molecule has 84 valence electrons. The molecule has 0 unspecified atom stereocenters. The van der Waals surface area contributed by atoms with Crippen LogP contribution in [0, 0.1) is 5.92 Å². The molecule has 0 saturated heterocycles. The van der Waals surface area contributed by atoms with Crippen LogP contribution in [0.3, 0.4) is 0 Å². The molecule has 0 aromatic carbocycles. The average molecular weight is 208 g/mol. The van der Waals surface area contributed by atoms with Crippen molar-refractivity contribution in [1.29, 1.82) is 0 Å². The third-order valence-electron chi connectivity index (χ3n) is 3.48. The second-order valence-electron chi connectivity index (χ2n) is 4.49. The zero-order valence-corrected chi connectivity index (χ0v) is 9.41. The van der Waals surface area contributed by atoms with Crippen molar-refractivity contribution >= 4 is 0 Å². The highest BCUT2D eigenvalue weighted by molar-refractivity contribution is 4.92. The summed E-state index contributed by atoms with van der Waals surface area (Å²) in [6.45, 7) is 3.12. The van der Waals surface area contributed by atoms with Gasteiger partial charge in [0.05, 0.1) is 12.7 Å². The number of aromatic nitrogens is 1. The van der Waals surface area contributed by atoms with Gasteiger partial charge in [-0.2, -0.15) is 0 Å². The smallest absolute Gasteiger partial charge is 0.150 e. The first-order valence-corrected chi connectivity index (χ1v) is 6.01. The average Bonchev–Trinajstić information content (AvgIpc) is 2.80. The fourth-order valence-corrected chi connectivity index (χ4v) is 2.35. The topological polar surface area (TPSA) is 38.1 Å². The number of rotatable bonds is 4. The van der Waals surface area contributed by atoms with Crippen LogP contribution < -0.4 is 5.32 Å². The van der Waals surface area contributed by atoms with E-state index >= 15 is 0 Å². The summed E-state index contributed by atoms with van der Waals surface area (Å²) in [6.07, 6.45) is 8.42. The highest BCUT2D eigenvalue weighted by Gasteiger charge is 2.19. The minimum absolute atomic E-state index is 0.679. The Morgan fingerprint density at radius 1 is 1.40 bits per heavy atom. The Bertz CT molecular complexity index is 263. The Morgan fingerprint density at radius 3 is 2.80 bits per heavy atom. The summed E-state index contributed by atoms with van der Waals surface area (Å²) in [5.74, 6) is 1.90. The minimum atomic E-state index is 0.679. The summed E-state index contributed by atoms with van der Waals surface area (Å²) in [5, 5.41) is 7.23. The zero-order valence-electron chi connectivity index (χ0n) is 9.41. The van der Waals surface area contributed by atoms with Crippen molar-refractivity contribution in [2.45, 2.75) is 51.6 Å². The van der Waals surface area contributed by atoms with Gasteiger partial charge in [-0.05, 0) is 31.6 Å². The molecule has 1 N–H and O–H groups in total. The molecule has 0 spiro atoms. The first kappa shape index (κ1) is 10.7. The molecule has 3 heteroatoms. The molecule has 1 aliphatic rings. The van der Waals surface area contributed by atoms with Crippen molar-refractivity contribution in [1.82, 2.24) is 10.5 Å². The van der Waals surface area contributed by atoms with Gasteiger partial charge >= 0.3 is 0 Å². The number of hydrogen-bond donors (Lipinski definition) is 1. The van der Waals surface area contributed by atoms with Gasteiger partial charge in [-0.3, -0.25) is 0 Å². The third-order valence-corrected chi connectivity index (χ3v) is 3.48. The van der Waals surface area contributed by atoms with Gasteiger partial charge in [0.1, 0.15) is 5.76 Å². The van der Waals surface area contributed by atoms with Gasteiger partial charge in [-0.15, -0.1) is 0 Å².